The number of hydrogen-bond acceptors (Lipinski definition) is 7. The van der Waals surface area contributed by atoms with Crippen LogP contribution in [0.4, 0.5) is 0 Å². The maximum Gasteiger partial charge on any atom is 0.253 e. The topological polar surface area (TPSA) is 124 Å². The van der Waals surface area contributed by atoms with Crippen molar-refractivity contribution >= 4 is 73.6 Å². The zero-order valence-corrected chi connectivity index (χ0v) is 63.5. The van der Waals surface area contributed by atoms with Gasteiger partial charge < -0.3 is 44.8 Å². The van der Waals surface area contributed by atoms with Gasteiger partial charge in [-0.15, -0.1) is 0 Å². The molecule has 15 rings (SSSR count). The molecule has 4 fully saturated rings. The fourth-order valence-corrected chi connectivity index (χ4v) is 17.0. The fourth-order valence-electron chi connectivity index (χ4n) is 16.8. The Balaban J connectivity index is 0.000000141. The van der Waals surface area contributed by atoms with Gasteiger partial charge in [0.1, 0.15) is 0 Å². The molecule has 15 heteroatoms. The summed E-state index contributed by atoms with van der Waals surface area (Å²) in [6.07, 6.45) is 22.6. The van der Waals surface area contributed by atoms with Gasteiger partial charge in [-0.2, -0.15) is 0 Å². The number of nitrogens with one attached hydrogen (secondary N) is 4. The third kappa shape index (κ3) is 20.3. The second kappa shape index (κ2) is 37.6. The molecule has 13 nitrogen and oxygen atoms in total. The summed E-state index contributed by atoms with van der Waals surface area (Å²) in [5, 5.41) is 17.3. The molecule has 3 unspecified atom stereocenters. The minimum absolute atomic E-state index is 0.000408. The maximum absolute atomic E-state index is 13.1. The van der Waals surface area contributed by atoms with Crippen molar-refractivity contribution in [2.75, 3.05) is 52.4 Å². The number of carbonyl (C=O) groups excluding carboxylic acids is 3. The second-order valence-corrected chi connectivity index (χ2v) is 30.8. The zero-order valence-electron chi connectivity index (χ0n) is 62.0. The highest BCUT2D eigenvalue weighted by molar-refractivity contribution is 6.30. The first-order valence-electron chi connectivity index (χ1n) is 39.1. The normalized spacial score (nSPS) is 17.2. The molecule has 11 aromatic rings. The van der Waals surface area contributed by atoms with Crippen molar-refractivity contribution < 1.29 is 14.4 Å². The number of nitrogens with zero attached hydrogens (tertiary/aromatic N) is 6. The van der Waals surface area contributed by atoms with Crippen molar-refractivity contribution in [1.82, 2.24) is 49.7 Å². The van der Waals surface area contributed by atoms with Gasteiger partial charge in [0, 0.05) is 132 Å². The van der Waals surface area contributed by atoms with Crippen LogP contribution in [0.1, 0.15) is 154 Å². The SMILES string of the molecule is CC(CNCCCn1cc(C(=O)NCc2ccc(Cl)cc2)c2ccccc21)c1ccccc1.Cc1cccc(CNC(=O)c2cn(CCCN3CCC(N4CCCC4)CC3)c3ccccc23)c1.O=C(NCc1ccc(Cl)cc1)c1cn(CCCN2C3CCC2CC(CCc2ccccc2)C3)c2ccccc12. The Kier molecular flexibility index (Phi) is 26.8. The Morgan fingerprint density at radius 2 is 0.906 bits per heavy atom. The van der Waals surface area contributed by atoms with Gasteiger partial charge in [0.05, 0.1) is 16.7 Å². The van der Waals surface area contributed by atoms with Gasteiger partial charge in [-0.3, -0.25) is 19.3 Å². The van der Waals surface area contributed by atoms with E-state index in [0.29, 0.717) is 41.2 Å². The molecular formula is C91H106Cl2N10O3. The Labute approximate surface area is 637 Å². The first-order chi connectivity index (χ1) is 51.9. The molecule has 552 valence electrons. The second-order valence-electron chi connectivity index (χ2n) is 29.9. The Hall–Kier alpha value is -8.79. The lowest BCUT2D eigenvalue weighted by Gasteiger charge is -2.39. The van der Waals surface area contributed by atoms with E-state index in [-0.39, 0.29) is 17.7 Å². The van der Waals surface area contributed by atoms with Gasteiger partial charge in [0.2, 0.25) is 0 Å². The predicted octanol–water partition coefficient (Wildman–Crippen LogP) is 18.3. The van der Waals surface area contributed by atoms with Crippen LogP contribution in [-0.2, 0) is 45.7 Å². The van der Waals surface area contributed by atoms with Gasteiger partial charge in [-0.1, -0.05) is 199 Å². The summed E-state index contributed by atoms with van der Waals surface area (Å²) >= 11 is 11.9. The number of benzene rings is 8. The van der Waals surface area contributed by atoms with Gasteiger partial charge in [0.15, 0.2) is 0 Å². The van der Waals surface area contributed by atoms with Crippen molar-refractivity contribution in [3.05, 3.63) is 285 Å². The first-order valence-corrected chi connectivity index (χ1v) is 39.8. The molecule has 4 N–H and O–H groups in total. The molecule has 3 atom stereocenters. The van der Waals surface area contributed by atoms with Crippen molar-refractivity contribution in [1.29, 1.82) is 0 Å². The monoisotopic (exact) mass is 1460 g/mol. The number of fused-ring (bicyclic) bond motifs is 5. The lowest BCUT2D eigenvalue weighted by molar-refractivity contribution is 0.0944. The van der Waals surface area contributed by atoms with Crippen molar-refractivity contribution in [2.24, 2.45) is 5.92 Å². The van der Waals surface area contributed by atoms with E-state index in [4.69, 9.17) is 23.2 Å². The standard InChI is InChI=1S/C34H38ClN3O.C29H38N4O.C28H30ClN3O/c35-28-15-13-26(14-16-28)23-36-34(39)32-24-37(33-10-5-4-9-31(32)33)19-6-20-38-29-17-18-30(38)22-27(21-29)12-11-25-7-2-1-3-8-25;1-23-8-6-9-24(20-23)21-30-29(34)27-22-33(28-11-3-2-10-26(27)28)17-7-14-31-18-12-25(13-19-31)32-15-4-5-16-32;1-21(23-8-3-2-4-9-23)18-30-16-7-17-32-20-26(25-10-5-6-11-27(25)32)28(33)31-19-22-12-14-24(29)15-13-22/h1-5,7-10,13-16,24,27,29-30H,6,11-12,17-23H2,(H,36,39);2-3,6,8-11,20,22,25H,4-5,7,12-19,21H2,1H3,(H,30,34);2-6,8-15,20-21,30H,7,16-19H2,1H3,(H,31,33). The van der Waals surface area contributed by atoms with Crippen molar-refractivity contribution in [2.45, 2.75) is 161 Å². The summed E-state index contributed by atoms with van der Waals surface area (Å²) in [4.78, 5) is 47.3. The van der Waals surface area contributed by atoms with Gasteiger partial charge >= 0.3 is 0 Å². The summed E-state index contributed by atoms with van der Waals surface area (Å²) in [7, 11) is 0. The molecular weight excluding hydrogens is 1350 g/mol. The van der Waals surface area contributed by atoms with E-state index in [1.54, 1.807) is 0 Å². The molecule has 0 radical (unpaired) electrons. The number of piperidine rings is 2. The third-order valence-electron chi connectivity index (χ3n) is 22.5. The molecule has 0 spiro atoms. The highest BCUT2D eigenvalue weighted by Crippen LogP contribution is 2.41. The average Bonchev–Trinajstić information content (AvgIpc) is 1.67. The highest BCUT2D eigenvalue weighted by atomic mass is 35.5. The zero-order chi connectivity index (χ0) is 73.0. The molecule has 8 aromatic carbocycles. The number of aryl methyl sites for hydroxylation is 5. The lowest BCUT2D eigenvalue weighted by atomic mass is 9.86. The van der Waals surface area contributed by atoms with E-state index >= 15 is 0 Å². The van der Waals surface area contributed by atoms with Crippen LogP contribution in [0.15, 0.2) is 225 Å². The quantitative estimate of drug-likeness (QED) is 0.0360. The minimum atomic E-state index is -0.0605. The predicted molar refractivity (Wildman–Crippen MR) is 436 cm³/mol. The maximum atomic E-state index is 13.1. The van der Waals surface area contributed by atoms with Gasteiger partial charge in [-0.05, 0) is 212 Å². The van der Waals surface area contributed by atoms with E-state index in [1.807, 2.05) is 97.3 Å². The molecule has 3 amide bonds. The van der Waals surface area contributed by atoms with Crippen LogP contribution in [-0.4, -0.2) is 117 Å². The number of aromatic nitrogens is 3. The van der Waals surface area contributed by atoms with Crippen LogP contribution >= 0.6 is 23.2 Å². The van der Waals surface area contributed by atoms with Crippen molar-refractivity contribution in [3.8, 4) is 0 Å². The largest absolute Gasteiger partial charge is 0.348 e. The first kappa shape index (κ1) is 75.4. The number of amides is 3. The molecule has 7 heterocycles. The highest BCUT2D eigenvalue weighted by Gasteiger charge is 2.40. The van der Waals surface area contributed by atoms with Crippen LogP contribution < -0.4 is 21.3 Å². The summed E-state index contributed by atoms with van der Waals surface area (Å²) in [6, 6.07) is 72.0. The van der Waals surface area contributed by atoms with Crippen LogP contribution in [0, 0.1) is 12.8 Å². The molecule has 0 aliphatic carbocycles. The summed E-state index contributed by atoms with van der Waals surface area (Å²) < 4.78 is 6.74. The summed E-state index contributed by atoms with van der Waals surface area (Å²) in [5.41, 5.74) is 12.8. The molecule has 0 saturated carbocycles. The van der Waals surface area contributed by atoms with Gasteiger partial charge in [0.25, 0.3) is 17.7 Å². The molecule has 3 aromatic heterocycles. The lowest BCUT2D eigenvalue weighted by Crippen LogP contribution is -2.44. The van der Waals surface area contributed by atoms with Crippen molar-refractivity contribution in [3.63, 3.8) is 0 Å². The van der Waals surface area contributed by atoms with Crippen LogP contribution in [0.3, 0.4) is 0 Å². The fraction of sp³-hybridized carbons (Fsp3) is 0.374. The molecule has 4 saturated heterocycles. The van der Waals surface area contributed by atoms with E-state index in [0.717, 1.165) is 150 Å². The van der Waals surface area contributed by atoms with Crippen LogP contribution in [0.5, 0.6) is 0 Å². The summed E-state index contributed by atoms with van der Waals surface area (Å²) in [5.74, 6) is 1.25. The number of halogens is 2. The van der Waals surface area contributed by atoms with E-state index < -0.39 is 0 Å². The molecule has 2 bridgehead atoms. The van der Waals surface area contributed by atoms with Crippen LogP contribution in [0.2, 0.25) is 10.0 Å². The molecule has 106 heavy (non-hydrogen) atoms. The number of hydrogen-bond donors (Lipinski definition) is 4. The van der Waals surface area contributed by atoms with Gasteiger partial charge in [-0.25, -0.2) is 0 Å². The smallest absolute Gasteiger partial charge is 0.253 e. The summed E-state index contributed by atoms with van der Waals surface area (Å²) in [6.45, 7) is 17.8. The van der Waals surface area contributed by atoms with E-state index in [2.05, 4.69) is 191 Å². The number of carbonyl (C=O) groups is 3. The number of likely N-dealkylation sites (tertiary alicyclic amines) is 2. The van der Waals surface area contributed by atoms with E-state index in [1.165, 1.54) is 107 Å². The van der Waals surface area contributed by atoms with E-state index in [9.17, 15) is 14.4 Å². The average molecular weight is 1460 g/mol. The molecule has 4 aliphatic rings. The van der Waals surface area contributed by atoms with Crippen LogP contribution in [0.25, 0.3) is 32.7 Å². The number of rotatable bonds is 28. The number of para-hydroxylation sites is 3. The minimum Gasteiger partial charge on any atom is -0.348 e. The molecule has 4 aliphatic heterocycles. The third-order valence-corrected chi connectivity index (χ3v) is 23.0. The Bertz CT molecular complexity index is 4600. The Morgan fingerprint density at radius 3 is 1.42 bits per heavy atom. The Morgan fingerprint density at radius 1 is 0.453 bits per heavy atom.